The second-order valence-corrected chi connectivity index (χ2v) is 4.42. The van der Waals surface area contributed by atoms with Gasteiger partial charge in [-0.15, -0.1) is 0 Å². The van der Waals surface area contributed by atoms with Gasteiger partial charge >= 0.3 is 0 Å². The molecule has 0 aliphatic carbocycles. The summed E-state index contributed by atoms with van der Waals surface area (Å²) in [5, 5.41) is 0. The van der Waals surface area contributed by atoms with Crippen LogP contribution in [0.2, 0.25) is 0 Å². The first-order valence-corrected chi connectivity index (χ1v) is 5.33. The van der Waals surface area contributed by atoms with E-state index in [-0.39, 0.29) is 5.91 Å². The highest BCUT2D eigenvalue weighted by molar-refractivity contribution is 9.10. The molecular formula is C10H11BrN2O2. The van der Waals surface area contributed by atoms with Crippen LogP contribution < -0.4 is 15.4 Å². The molecule has 1 aliphatic heterocycles. The molecule has 0 saturated carbocycles. The monoisotopic (exact) mass is 270 g/mol. The maximum absolute atomic E-state index is 11.7. The number of halogens is 1. The van der Waals surface area contributed by atoms with Crippen LogP contribution in [0.25, 0.3) is 0 Å². The van der Waals surface area contributed by atoms with Crippen LogP contribution in [0.15, 0.2) is 16.6 Å². The normalized spacial score (nSPS) is 19.8. The number of fused-ring (bicyclic) bond motifs is 1. The summed E-state index contributed by atoms with van der Waals surface area (Å²) in [6.45, 7) is 1.71. The lowest BCUT2D eigenvalue weighted by molar-refractivity contribution is -0.125. The summed E-state index contributed by atoms with van der Waals surface area (Å²) in [6, 6.07) is 3.57. The van der Waals surface area contributed by atoms with Crippen LogP contribution in [0.4, 0.5) is 11.4 Å². The first kappa shape index (κ1) is 10.3. The van der Waals surface area contributed by atoms with Gasteiger partial charge in [-0.2, -0.15) is 0 Å². The molecule has 4 nitrogen and oxygen atoms in total. The number of ether oxygens (including phenoxy) is 1. The molecule has 1 aromatic rings. The van der Waals surface area contributed by atoms with Crippen LogP contribution in [-0.2, 0) is 4.79 Å². The van der Waals surface area contributed by atoms with Gasteiger partial charge in [-0.1, -0.05) is 15.9 Å². The van der Waals surface area contributed by atoms with Gasteiger partial charge in [-0.25, -0.2) is 0 Å². The Balaban J connectivity index is 2.60. The highest BCUT2D eigenvalue weighted by Gasteiger charge is 2.30. The maximum atomic E-state index is 11.7. The number of benzene rings is 1. The molecule has 80 valence electrons. The number of carbonyl (C=O) groups is 1. The molecule has 0 bridgehead atoms. The molecule has 5 heteroatoms. The van der Waals surface area contributed by atoms with E-state index in [0.29, 0.717) is 17.1 Å². The third-order valence-electron chi connectivity index (χ3n) is 2.40. The van der Waals surface area contributed by atoms with E-state index in [1.807, 2.05) is 6.07 Å². The predicted molar refractivity (Wildman–Crippen MR) is 62.1 cm³/mol. The van der Waals surface area contributed by atoms with E-state index < -0.39 is 6.10 Å². The Bertz CT molecular complexity index is 434. The molecule has 1 unspecified atom stereocenters. The predicted octanol–water partition coefficient (Wildman–Crippen LogP) is 1.77. The zero-order valence-corrected chi connectivity index (χ0v) is 10.0. The van der Waals surface area contributed by atoms with Crippen LogP contribution in [0, 0.1) is 0 Å². The average Bonchev–Trinajstić information content (AvgIpc) is 2.17. The number of hydrogen-bond donors (Lipinski definition) is 1. The van der Waals surface area contributed by atoms with E-state index in [1.165, 1.54) is 0 Å². The highest BCUT2D eigenvalue weighted by atomic mass is 79.9. The smallest absolute Gasteiger partial charge is 0.267 e. The van der Waals surface area contributed by atoms with E-state index >= 15 is 0 Å². The first-order chi connectivity index (χ1) is 7.00. The zero-order chi connectivity index (χ0) is 11.2. The zero-order valence-electron chi connectivity index (χ0n) is 8.45. The molecule has 0 aromatic heterocycles. The summed E-state index contributed by atoms with van der Waals surface area (Å²) < 4.78 is 6.29. The molecule has 0 saturated heterocycles. The number of anilines is 2. The molecule has 1 atom stereocenters. The largest absolute Gasteiger partial charge is 0.477 e. The molecule has 2 rings (SSSR count). The van der Waals surface area contributed by atoms with E-state index in [0.717, 1.165) is 4.47 Å². The van der Waals surface area contributed by atoms with Gasteiger partial charge in [0, 0.05) is 11.5 Å². The van der Waals surface area contributed by atoms with Crippen molar-refractivity contribution in [1.29, 1.82) is 0 Å². The average molecular weight is 271 g/mol. The fraction of sp³-hybridized carbons (Fsp3) is 0.300. The summed E-state index contributed by atoms with van der Waals surface area (Å²) in [4.78, 5) is 13.2. The molecule has 1 aromatic carbocycles. The fourth-order valence-corrected chi connectivity index (χ4v) is 2.06. The third-order valence-corrected chi connectivity index (χ3v) is 2.85. The second-order valence-electron chi connectivity index (χ2n) is 3.50. The molecule has 1 heterocycles. The lowest BCUT2D eigenvalue weighted by Crippen LogP contribution is -2.42. The van der Waals surface area contributed by atoms with Crippen LogP contribution >= 0.6 is 15.9 Å². The van der Waals surface area contributed by atoms with Crippen molar-refractivity contribution >= 4 is 33.2 Å². The van der Waals surface area contributed by atoms with Gasteiger partial charge in [-0.05, 0) is 19.1 Å². The molecular weight excluding hydrogens is 260 g/mol. The van der Waals surface area contributed by atoms with E-state index in [9.17, 15) is 4.79 Å². The van der Waals surface area contributed by atoms with Crippen LogP contribution in [0.5, 0.6) is 5.75 Å². The van der Waals surface area contributed by atoms with Crippen molar-refractivity contribution in [2.24, 2.45) is 0 Å². The highest BCUT2D eigenvalue weighted by Crippen LogP contribution is 2.40. The van der Waals surface area contributed by atoms with Crippen LogP contribution in [0.3, 0.4) is 0 Å². The number of carbonyl (C=O) groups excluding carboxylic acids is 1. The number of hydrogen-bond acceptors (Lipinski definition) is 3. The number of likely N-dealkylation sites (N-methyl/N-ethyl adjacent to an activating group) is 1. The minimum Gasteiger partial charge on any atom is -0.477 e. The third kappa shape index (κ3) is 1.56. The van der Waals surface area contributed by atoms with Gasteiger partial charge in [0.1, 0.15) is 0 Å². The van der Waals surface area contributed by atoms with Crippen LogP contribution in [-0.4, -0.2) is 19.1 Å². The minimum absolute atomic E-state index is 0.0694. The van der Waals surface area contributed by atoms with Crippen molar-refractivity contribution in [2.75, 3.05) is 17.7 Å². The Morgan fingerprint density at radius 1 is 1.53 bits per heavy atom. The Kier molecular flexibility index (Phi) is 2.34. The quantitative estimate of drug-likeness (QED) is 0.732. The van der Waals surface area contributed by atoms with Crippen molar-refractivity contribution < 1.29 is 9.53 Å². The molecule has 15 heavy (non-hydrogen) atoms. The van der Waals surface area contributed by atoms with E-state index in [4.69, 9.17) is 10.5 Å². The Morgan fingerprint density at radius 2 is 2.20 bits per heavy atom. The van der Waals surface area contributed by atoms with Crippen molar-refractivity contribution in [3.8, 4) is 5.75 Å². The van der Waals surface area contributed by atoms with Crippen molar-refractivity contribution in [1.82, 2.24) is 0 Å². The van der Waals surface area contributed by atoms with Crippen LogP contribution in [0.1, 0.15) is 6.92 Å². The number of nitrogen functional groups attached to an aromatic ring is 1. The first-order valence-electron chi connectivity index (χ1n) is 4.54. The number of nitrogens with zero attached hydrogens (tertiary/aromatic N) is 1. The molecule has 0 fully saturated rings. The Morgan fingerprint density at radius 3 is 2.87 bits per heavy atom. The van der Waals surface area contributed by atoms with Gasteiger partial charge in [0.2, 0.25) is 0 Å². The maximum Gasteiger partial charge on any atom is 0.267 e. The number of rotatable bonds is 0. The molecule has 1 amide bonds. The summed E-state index contributed by atoms with van der Waals surface area (Å²) >= 11 is 3.33. The van der Waals surface area contributed by atoms with Gasteiger partial charge in [0.15, 0.2) is 11.9 Å². The van der Waals surface area contributed by atoms with E-state index in [2.05, 4.69) is 15.9 Å². The number of nitrogens with two attached hydrogens (primary N) is 1. The Labute approximate surface area is 96.1 Å². The molecule has 0 radical (unpaired) electrons. The van der Waals surface area contributed by atoms with Gasteiger partial charge in [0.05, 0.1) is 11.4 Å². The standard InChI is InChI=1S/C10H11BrN2O2/c1-5-10(14)13(2)8-4-6(11)3-7(12)9(8)15-5/h3-5H,12H2,1-2H3. The van der Waals surface area contributed by atoms with E-state index in [1.54, 1.807) is 24.9 Å². The molecule has 1 aliphatic rings. The molecule has 2 N–H and O–H groups in total. The summed E-state index contributed by atoms with van der Waals surface area (Å²) in [7, 11) is 1.71. The lowest BCUT2D eigenvalue weighted by atomic mass is 10.2. The van der Waals surface area contributed by atoms with Crippen molar-refractivity contribution in [2.45, 2.75) is 13.0 Å². The topological polar surface area (TPSA) is 55.6 Å². The summed E-state index contributed by atoms with van der Waals surface area (Å²) in [6.07, 6.45) is -0.481. The van der Waals surface area contributed by atoms with Crippen molar-refractivity contribution in [3.63, 3.8) is 0 Å². The lowest BCUT2D eigenvalue weighted by Gasteiger charge is -2.31. The minimum atomic E-state index is -0.481. The molecule has 0 spiro atoms. The van der Waals surface area contributed by atoms with Gasteiger partial charge in [0.25, 0.3) is 5.91 Å². The fourth-order valence-electron chi connectivity index (χ4n) is 1.60. The Hall–Kier alpha value is -1.23. The summed E-state index contributed by atoms with van der Waals surface area (Å²) in [5.74, 6) is 0.507. The SMILES string of the molecule is CC1Oc2c(N)cc(Br)cc2N(C)C1=O. The second kappa shape index (κ2) is 3.41. The van der Waals surface area contributed by atoms with Crippen molar-refractivity contribution in [3.05, 3.63) is 16.6 Å². The van der Waals surface area contributed by atoms with Gasteiger partial charge < -0.3 is 15.4 Å². The summed E-state index contributed by atoms with van der Waals surface area (Å²) in [5.41, 5.74) is 7.05. The number of amides is 1. The van der Waals surface area contributed by atoms with Gasteiger partial charge in [-0.3, -0.25) is 4.79 Å².